The number of ether oxygens (including phenoxy) is 1. The summed E-state index contributed by atoms with van der Waals surface area (Å²) >= 11 is 0. The first-order chi connectivity index (χ1) is 8.93. The molecule has 0 radical (unpaired) electrons. The van der Waals surface area contributed by atoms with E-state index >= 15 is 0 Å². The van der Waals surface area contributed by atoms with Gasteiger partial charge in [-0.1, -0.05) is 0 Å². The van der Waals surface area contributed by atoms with Crippen molar-refractivity contribution in [2.24, 2.45) is 0 Å². The first kappa shape index (κ1) is 13.4. The molecular weight excluding hydrogens is 268 g/mol. The highest BCUT2D eigenvalue weighted by atomic mass is 32.2. The van der Waals surface area contributed by atoms with E-state index in [9.17, 15) is 13.5 Å². The Morgan fingerprint density at radius 2 is 2.16 bits per heavy atom. The molecule has 6 nitrogen and oxygen atoms in total. The minimum atomic E-state index is -3.42. The number of rotatable bonds is 4. The Kier molecular flexibility index (Phi) is 3.48. The van der Waals surface area contributed by atoms with Gasteiger partial charge in [-0.3, -0.25) is 0 Å². The number of nitrogens with zero attached hydrogens (tertiary/aromatic N) is 2. The molecule has 0 spiro atoms. The van der Waals surface area contributed by atoms with Crippen molar-refractivity contribution in [3.05, 3.63) is 30.6 Å². The van der Waals surface area contributed by atoms with Gasteiger partial charge >= 0.3 is 0 Å². The zero-order chi connectivity index (χ0) is 14.0. The highest BCUT2D eigenvalue weighted by Gasteiger charge is 2.15. The van der Waals surface area contributed by atoms with Gasteiger partial charge in [-0.15, -0.1) is 0 Å². The van der Waals surface area contributed by atoms with Crippen molar-refractivity contribution in [1.29, 1.82) is 0 Å². The summed E-state index contributed by atoms with van der Waals surface area (Å²) in [7, 11) is -3.42. The van der Waals surface area contributed by atoms with Gasteiger partial charge in [-0.25, -0.2) is 17.4 Å². The van der Waals surface area contributed by atoms with Crippen molar-refractivity contribution < 1.29 is 18.3 Å². The predicted octanol–water partition coefficient (Wildman–Crippen LogP) is 1.46. The lowest BCUT2D eigenvalue weighted by Gasteiger charge is -2.09. The van der Waals surface area contributed by atoms with Gasteiger partial charge in [0.1, 0.15) is 0 Å². The van der Waals surface area contributed by atoms with Crippen LogP contribution in [0.1, 0.15) is 6.92 Å². The summed E-state index contributed by atoms with van der Waals surface area (Å²) < 4.78 is 29.6. The molecule has 0 saturated carbocycles. The van der Waals surface area contributed by atoms with Crippen molar-refractivity contribution in [1.82, 2.24) is 8.96 Å². The third-order valence-corrected chi connectivity index (χ3v) is 3.49. The average Bonchev–Trinajstić information content (AvgIpc) is 2.81. The van der Waals surface area contributed by atoms with E-state index in [1.807, 2.05) is 0 Å². The molecule has 7 heteroatoms. The molecule has 0 amide bonds. The Labute approximate surface area is 111 Å². The Balaban J connectivity index is 2.54. The van der Waals surface area contributed by atoms with E-state index in [1.54, 1.807) is 19.1 Å². The Morgan fingerprint density at radius 1 is 1.42 bits per heavy atom. The number of phenolic OH excluding ortho intramolecular Hbond substituents is 1. The first-order valence-electron chi connectivity index (χ1n) is 5.63. The van der Waals surface area contributed by atoms with Crippen molar-refractivity contribution in [2.75, 3.05) is 12.9 Å². The number of phenols is 1. The minimum Gasteiger partial charge on any atom is -0.504 e. The van der Waals surface area contributed by atoms with Crippen LogP contribution in [0.3, 0.4) is 0 Å². The molecule has 1 heterocycles. The molecule has 1 N–H and O–H groups in total. The van der Waals surface area contributed by atoms with Gasteiger partial charge in [0, 0.05) is 18.0 Å². The second-order valence-corrected chi connectivity index (χ2v) is 5.78. The van der Waals surface area contributed by atoms with Gasteiger partial charge in [-0.2, -0.15) is 0 Å². The third kappa shape index (κ3) is 2.70. The Hall–Kier alpha value is -2.02. The molecule has 1 aromatic heterocycles. The van der Waals surface area contributed by atoms with Crippen LogP contribution >= 0.6 is 0 Å². The molecule has 0 bridgehead atoms. The molecule has 0 atom stereocenters. The maximum Gasteiger partial charge on any atom is 0.237 e. The zero-order valence-electron chi connectivity index (χ0n) is 10.6. The van der Waals surface area contributed by atoms with Crippen molar-refractivity contribution in [3.63, 3.8) is 0 Å². The van der Waals surface area contributed by atoms with Crippen LogP contribution in [0.4, 0.5) is 0 Å². The standard InChI is InChI=1S/C12H14N2O4S/c1-3-18-11-8-9(4-5-10(11)15)12-13-6-7-14(12)19(2,16)17/h4-8,15H,3H2,1-2H3. The normalized spacial score (nSPS) is 11.5. The summed E-state index contributed by atoms with van der Waals surface area (Å²) in [5, 5.41) is 9.62. The zero-order valence-corrected chi connectivity index (χ0v) is 11.4. The van der Waals surface area contributed by atoms with Crippen LogP contribution in [-0.4, -0.2) is 35.3 Å². The fraction of sp³-hybridized carbons (Fsp3) is 0.250. The highest BCUT2D eigenvalue weighted by molar-refractivity contribution is 7.89. The summed E-state index contributed by atoms with van der Waals surface area (Å²) in [6, 6.07) is 4.59. The fourth-order valence-corrected chi connectivity index (χ4v) is 2.43. The maximum atomic E-state index is 11.6. The number of hydrogen-bond donors (Lipinski definition) is 1. The van der Waals surface area contributed by atoms with Crippen LogP contribution in [-0.2, 0) is 10.0 Å². The lowest BCUT2D eigenvalue weighted by molar-refractivity contribution is 0.318. The van der Waals surface area contributed by atoms with Crippen LogP contribution in [0.5, 0.6) is 11.5 Å². The second kappa shape index (κ2) is 4.93. The third-order valence-electron chi connectivity index (χ3n) is 2.48. The van der Waals surface area contributed by atoms with Crippen molar-refractivity contribution in [2.45, 2.75) is 6.92 Å². The first-order valence-corrected chi connectivity index (χ1v) is 7.48. The van der Waals surface area contributed by atoms with E-state index < -0.39 is 10.0 Å². The van der Waals surface area contributed by atoms with Gasteiger partial charge in [-0.05, 0) is 25.1 Å². The molecule has 2 aromatic rings. The molecule has 19 heavy (non-hydrogen) atoms. The Bertz CT molecular complexity index is 692. The van der Waals surface area contributed by atoms with E-state index in [0.29, 0.717) is 17.9 Å². The average molecular weight is 282 g/mol. The van der Waals surface area contributed by atoms with Gasteiger partial charge in [0.25, 0.3) is 0 Å². The van der Waals surface area contributed by atoms with Crippen LogP contribution < -0.4 is 4.74 Å². The second-order valence-electron chi connectivity index (χ2n) is 3.93. The van der Waals surface area contributed by atoms with Gasteiger partial charge < -0.3 is 9.84 Å². The number of benzene rings is 1. The molecule has 102 valence electrons. The summed E-state index contributed by atoms with van der Waals surface area (Å²) in [5.41, 5.74) is 0.552. The van der Waals surface area contributed by atoms with Crippen LogP contribution in [0, 0.1) is 0 Å². The quantitative estimate of drug-likeness (QED) is 0.918. The number of aromatic nitrogens is 2. The summed E-state index contributed by atoms with van der Waals surface area (Å²) in [4.78, 5) is 4.03. The van der Waals surface area contributed by atoms with E-state index in [4.69, 9.17) is 4.74 Å². The van der Waals surface area contributed by atoms with Crippen molar-refractivity contribution >= 4 is 10.0 Å². The van der Waals surface area contributed by atoms with E-state index in [-0.39, 0.29) is 11.6 Å². The number of aromatic hydroxyl groups is 1. The van der Waals surface area contributed by atoms with Gasteiger partial charge in [0.05, 0.1) is 12.9 Å². The molecule has 2 rings (SSSR count). The van der Waals surface area contributed by atoms with E-state index in [0.717, 1.165) is 10.2 Å². The molecule has 0 fully saturated rings. The van der Waals surface area contributed by atoms with E-state index in [1.165, 1.54) is 18.5 Å². The van der Waals surface area contributed by atoms with Gasteiger partial charge in [0.15, 0.2) is 17.3 Å². The van der Waals surface area contributed by atoms with Crippen LogP contribution in [0.25, 0.3) is 11.4 Å². The largest absolute Gasteiger partial charge is 0.504 e. The predicted molar refractivity (Wildman–Crippen MR) is 70.7 cm³/mol. The summed E-state index contributed by atoms with van der Waals surface area (Å²) in [5.74, 6) is 0.578. The lowest BCUT2D eigenvalue weighted by Crippen LogP contribution is -2.10. The topological polar surface area (TPSA) is 81.4 Å². The van der Waals surface area contributed by atoms with Gasteiger partial charge in [0.2, 0.25) is 10.0 Å². The van der Waals surface area contributed by atoms with Crippen LogP contribution in [0.15, 0.2) is 30.6 Å². The molecule has 1 aromatic carbocycles. The molecule has 0 saturated heterocycles. The molecule has 0 aliphatic carbocycles. The molecular formula is C12H14N2O4S. The minimum absolute atomic E-state index is 0.00283. The SMILES string of the molecule is CCOc1cc(-c2nccn2S(C)(=O)=O)ccc1O. The molecule has 0 aliphatic rings. The number of hydrogen-bond acceptors (Lipinski definition) is 5. The monoisotopic (exact) mass is 282 g/mol. The highest BCUT2D eigenvalue weighted by Crippen LogP contribution is 2.31. The van der Waals surface area contributed by atoms with E-state index in [2.05, 4.69) is 4.98 Å². The van der Waals surface area contributed by atoms with Crippen LogP contribution in [0.2, 0.25) is 0 Å². The fourth-order valence-electron chi connectivity index (χ4n) is 1.69. The van der Waals surface area contributed by atoms with Crippen molar-refractivity contribution in [3.8, 4) is 22.9 Å². The lowest BCUT2D eigenvalue weighted by atomic mass is 10.2. The molecule has 0 aliphatic heterocycles. The summed E-state index contributed by atoms with van der Waals surface area (Å²) in [6.07, 6.45) is 3.88. The molecule has 0 unspecified atom stereocenters. The smallest absolute Gasteiger partial charge is 0.237 e. The Morgan fingerprint density at radius 3 is 2.79 bits per heavy atom. The summed E-state index contributed by atoms with van der Waals surface area (Å²) in [6.45, 7) is 2.20. The maximum absolute atomic E-state index is 11.6. The number of imidazole rings is 1.